The number of hydrogen-bond acceptors (Lipinski definition) is 5. The summed E-state index contributed by atoms with van der Waals surface area (Å²) in [5, 5.41) is 7.36. The zero-order valence-electron chi connectivity index (χ0n) is 9.77. The van der Waals surface area contributed by atoms with Crippen LogP contribution < -0.4 is 5.32 Å². The van der Waals surface area contributed by atoms with Crippen LogP contribution in [0.15, 0.2) is 16.7 Å². The molecule has 1 aliphatic carbocycles. The Hall–Kier alpha value is -1.20. The van der Waals surface area contributed by atoms with E-state index >= 15 is 0 Å². The fourth-order valence-corrected chi connectivity index (χ4v) is 2.50. The first-order chi connectivity index (χ1) is 8.35. The second-order valence-corrected chi connectivity index (χ2v) is 5.46. The molecular weight excluding hydrogens is 234 g/mol. The predicted molar refractivity (Wildman–Crippen MR) is 66.9 cm³/mol. The van der Waals surface area contributed by atoms with Crippen molar-refractivity contribution >= 4 is 11.3 Å². The van der Waals surface area contributed by atoms with Crippen molar-refractivity contribution in [2.75, 3.05) is 0 Å². The summed E-state index contributed by atoms with van der Waals surface area (Å²) >= 11 is 1.72. The maximum absolute atomic E-state index is 5.27. The van der Waals surface area contributed by atoms with Gasteiger partial charge in [0.05, 0.1) is 11.4 Å². The van der Waals surface area contributed by atoms with Crippen LogP contribution in [-0.4, -0.2) is 16.2 Å². The summed E-state index contributed by atoms with van der Waals surface area (Å²) in [6.45, 7) is 2.86. The van der Waals surface area contributed by atoms with E-state index in [2.05, 4.69) is 34.5 Å². The van der Waals surface area contributed by atoms with E-state index in [1.54, 1.807) is 11.3 Å². The van der Waals surface area contributed by atoms with Crippen molar-refractivity contribution in [3.05, 3.63) is 22.8 Å². The van der Waals surface area contributed by atoms with Crippen LogP contribution in [0, 0.1) is 0 Å². The average molecular weight is 249 g/mol. The van der Waals surface area contributed by atoms with Crippen LogP contribution in [0.25, 0.3) is 10.8 Å². The first kappa shape index (κ1) is 10.9. The Balaban J connectivity index is 1.69. The van der Waals surface area contributed by atoms with Gasteiger partial charge >= 0.3 is 0 Å². The second-order valence-electron chi connectivity index (χ2n) is 4.29. The molecule has 0 saturated heterocycles. The molecule has 1 fully saturated rings. The molecule has 90 valence electrons. The molecular formula is C12H15N3OS. The molecule has 1 saturated carbocycles. The van der Waals surface area contributed by atoms with E-state index in [1.165, 1.54) is 17.7 Å². The molecule has 0 unspecified atom stereocenters. The van der Waals surface area contributed by atoms with Gasteiger partial charge in [-0.3, -0.25) is 0 Å². The standard InChI is InChI=1S/C12H15N3OS/c1-2-9-5-6-10(17-9)12-14-11(15-16-12)7-13-8-3-4-8/h5-6,8,13H,2-4,7H2,1H3. The molecule has 4 nitrogen and oxygen atoms in total. The summed E-state index contributed by atoms with van der Waals surface area (Å²) < 4.78 is 5.27. The highest BCUT2D eigenvalue weighted by Crippen LogP contribution is 2.27. The van der Waals surface area contributed by atoms with Crippen LogP contribution in [0.4, 0.5) is 0 Å². The molecule has 3 rings (SSSR count). The third kappa shape index (κ3) is 2.56. The zero-order valence-corrected chi connectivity index (χ0v) is 10.6. The molecule has 17 heavy (non-hydrogen) atoms. The Bertz CT molecular complexity index is 501. The summed E-state index contributed by atoms with van der Waals surface area (Å²) in [6, 6.07) is 4.84. The molecule has 0 aliphatic heterocycles. The van der Waals surface area contributed by atoms with E-state index in [0.717, 1.165) is 17.1 Å². The molecule has 2 aromatic rings. The van der Waals surface area contributed by atoms with E-state index in [1.807, 2.05) is 0 Å². The number of aromatic nitrogens is 2. The van der Waals surface area contributed by atoms with Gasteiger partial charge in [-0.15, -0.1) is 11.3 Å². The van der Waals surface area contributed by atoms with Crippen LogP contribution in [0.5, 0.6) is 0 Å². The quantitative estimate of drug-likeness (QED) is 0.885. The number of thiophene rings is 1. The van der Waals surface area contributed by atoms with Crippen LogP contribution in [0.2, 0.25) is 0 Å². The Morgan fingerprint density at radius 3 is 3.06 bits per heavy atom. The highest BCUT2D eigenvalue weighted by Gasteiger charge is 2.21. The second kappa shape index (κ2) is 4.58. The molecule has 0 radical (unpaired) electrons. The number of nitrogens with zero attached hydrogens (tertiary/aromatic N) is 2. The van der Waals surface area contributed by atoms with Crippen molar-refractivity contribution in [1.82, 2.24) is 15.5 Å². The van der Waals surface area contributed by atoms with Crippen molar-refractivity contribution in [1.29, 1.82) is 0 Å². The number of hydrogen-bond donors (Lipinski definition) is 1. The normalized spacial score (nSPS) is 15.4. The highest BCUT2D eigenvalue weighted by atomic mass is 32.1. The molecule has 2 heterocycles. The van der Waals surface area contributed by atoms with Gasteiger partial charge in [0.15, 0.2) is 5.82 Å². The minimum Gasteiger partial charge on any atom is -0.333 e. The smallest absolute Gasteiger partial charge is 0.268 e. The van der Waals surface area contributed by atoms with E-state index in [0.29, 0.717) is 18.5 Å². The lowest BCUT2D eigenvalue weighted by molar-refractivity contribution is 0.420. The minimum atomic E-state index is 0.641. The van der Waals surface area contributed by atoms with Gasteiger partial charge in [0.25, 0.3) is 5.89 Å². The van der Waals surface area contributed by atoms with Gasteiger partial charge in [0.1, 0.15) is 0 Å². The monoisotopic (exact) mass is 249 g/mol. The Morgan fingerprint density at radius 2 is 2.35 bits per heavy atom. The first-order valence-electron chi connectivity index (χ1n) is 6.00. The van der Waals surface area contributed by atoms with Gasteiger partial charge < -0.3 is 9.84 Å². The number of nitrogens with one attached hydrogen (secondary N) is 1. The van der Waals surface area contributed by atoms with E-state index in [9.17, 15) is 0 Å². The van der Waals surface area contributed by atoms with Crippen molar-refractivity contribution < 1.29 is 4.52 Å². The number of aryl methyl sites for hydroxylation is 1. The van der Waals surface area contributed by atoms with Crippen molar-refractivity contribution in [2.24, 2.45) is 0 Å². The van der Waals surface area contributed by atoms with Crippen molar-refractivity contribution in [2.45, 2.75) is 38.8 Å². The minimum absolute atomic E-state index is 0.641. The Morgan fingerprint density at radius 1 is 1.47 bits per heavy atom. The molecule has 1 N–H and O–H groups in total. The average Bonchev–Trinajstić information content (AvgIpc) is 2.89. The van der Waals surface area contributed by atoms with E-state index < -0.39 is 0 Å². The van der Waals surface area contributed by atoms with Crippen LogP contribution in [0.1, 0.15) is 30.5 Å². The maximum Gasteiger partial charge on any atom is 0.268 e. The Labute approximate surface area is 104 Å². The molecule has 0 spiro atoms. The summed E-state index contributed by atoms with van der Waals surface area (Å²) in [5.41, 5.74) is 0. The number of rotatable bonds is 5. The van der Waals surface area contributed by atoms with Gasteiger partial charge in [-0.1, -0.05) is 12.1 Å². The largest absolute Gasteiger partial charge is 0.333 e. The lowest BCUT2D eigenvalue weighted by atomic mass is 10.4. The Kier molecular flexibility index (Phi) is 2.94. The summed E-state index contributed by atoms with van der Waals surface area (Å²) in [4.78, 5) is 6.80. The van der Waals surface area contributed by atoms with Crippen LogP contribution >= 0.6 is 11.3 Å². The van der Waals surface area contributed by atoms with Crippen LogP contribution in [-0.2, 0) is 13.0 Å². The van der Waals surface area contributed by atoms with Gasteiger partial charge in [-0.25, -0.2) is 0 Å². The third-order valence-electron chi connectivity index (χ3n) is 2.82. The molecule has 1 aliphatic rings. The zero-order chi connectivity index (χ0) is 11.7. The predicted octanol–water partition coefficient (Wildman–Crippen LogP) is 2.61. The fraction of sp³-hybridized carbons (Fsp3) is 0.500. The third-order valence-corrected chi connectivity index (χ3v) is 4.03. The molecule has 0 amide bonds. The molecule has 2 aromatic heterocycles. The van der Waals surface area contributed by atoms with Gasteiger partial charge in [-0.2, -0.15) is 4.98 Å². The maximum atomic E-state index is 5.27. The highest BCUT2D eigenvalue weighted by molar-refractivity contribution is 7.15. The molecule has 0 bridgehead atoms. The van der Waals surface area contributed by atoms with Gasteiger partial charge in [-0.05, 0) is 31.4 Å². The van der Waals surface area contributed by atoms with E-state index in [-0.39, 0.29) is 0 Å². The van der Waals surface area contributed by atoms with Crippen LogP contribution in [0.3, 0.4) is 0 Å². The lowest BCUT2D eigenvalue weighted by Crippen LogP contribution is -2.16. The molecule has 5 heteroatoms. The van der Waals surface area contributed by atoms with E-state index in [4.69, 9.17) is 4.52 Å². The van der Waals surface area contributed by atoms with Gasteiger partial charge in [0.2, 0.25) is 0 Å². The van der Waals surface area contributed by atoms with Crippen molar-refractivity contribution in [3.8, 4) is 10.8 Å². The lowest BCUT2D eigenvalue weighted by Gasteiger charge is -1.94. The molecule has 0 atom stereocenters. The molecule has 0 aromatic carbocycles. The summed E-state index contributed by atoms with van der Waals surface area (Å²) in [7, 11) is 0. The summed E-state index contributed by atoms with van der Waals surface area (Å²) in [6.07, 6.45) is 3.60. The summed E-state index contributed by atoms with van der Waals surface area (Å²) in [5.74, 6) is 1.39. The topological polar surface area (TPSA) is 51.0 Å². The van der Waals surface area contributed by atoms with Gasteiger partial charge in [0, 0.05) is 10.9 Å². The first-order valence-corrected chi connectivity index (χ1v) is 6.82. The SMILES string of the molecule is CCc1ccc(-c2nc(CNC3CC3)no2)s1. The van der Waals surface area contributed by atoms with Crippen molar-refractivity contribution in [3.63, 3.8) is 0 Å². The fourth-order valence-electron chi connectivity index (χ4n) is 1.63.